The lowest BCUT2D eigenvalue weighted by molar-refractivity contribution is -0.134. The van der Waals surface area contributed by atoms with Crippen LogP contribution in [0, 0.1) is 0 Å². The molecule has 0 bridgehead atoms. The fourth-order valence-electron chi connectivity index (χ4n) is 3.04. The van der Waals surface area contributed by atoms with E-state index in [1.54, 1.807) is 0 Å². The van der Waals surface area contributed by atoms with Gasteiger partial charge in [0.15, 0.2) is 0 Å². The minimum absolute atomic E-state index is 0.293. The Hall–Kier alpha value is -1.51. The molecule has 3 nitrogen and oxygen atoms in total. The molecule has 1 aliphatic rings. The summed E-state index contributed by atoms with van der Waals surface area (Å²) in [5, 5.41) is 0. The maximum absolute atomic E-state index is 12.4. The minimum atomic E-state index is 0.293. The molecule has 0 heterocycles. The van der Waals surface area contributed by atoms with Crippen LogP contribution in [-0.2, 0) is 4.79 Å². The number of benzene rings is 1. The van der Waals surface area contributed by atoms with Crippen LogP contribution in [0.1, 0.15) is 51.9 Å². The van der Waals surface area contributed by atoms with E-state index in [0.29, 0.717) is 31.5 Å². The predicted molar refractivity (Wildman–Crippen MR) is 85.4 cm³/mol. The van der Waals surface area contributed by atoms with Gasteiger partial charge in [-0.05, 0) is 31.4 Å². The van der Waals surface area contributed by atoms with Crippen molar-refractivity contribution in [1.82, 2.24) is 4.90 Å². The summed E-state index contributed by atoms with van der Waals surface area (Å²) in [7, 11) is 0. The fourth-order valence-corrected chi connectivity index (χ4v) is 3.04. The highest BCUT2D eigenvalue weighted by atomic mass is 16.5. The molecule has 2 rings (SSSR count). The van der Waals surface area contributed by atoms with Crippen molar-refractivity contribution in [2.45, 2.75) is 57.9 Å². The lowest BCUT2D eigenvalue weighted by Crippen LogP contribution is -2.43. The lowest BCUT2D eigenvalue weighted by Gasteiger charge is -2.34. The molecule has 1 aromatic rings. The molecule has 0 aromatic heterocycles. The van der Waals surface area contributed by atoms with E-state index >= 15 is 0 Å². The Balaban J connectivity index is 1.87. The summed E-state index contributed by atoms with van der Waals surface area (Å²) in [5.74, 6) is 1.17. The fraction of sp³-hybridized carbons (Fsp3) is 0.611. The molecule has 0 radical (unpaired) electrons. The lowest BCUT2D eigenvalue weighted by atomic mass is 9.94. The van der Waals surface area contributed by atoms with E-state index in [9.17, 15) is 4.79 Å². The summed E-state index contributed by atoms with van der Waals surface area (Å²) < 4.78 is 5.76. The van der Waals surface area contributed by atoms with Crippen LogP contribution in [0.15, 0.2) is 30.3 Å². The first-order chi connectivity index (χ1) is 10.3. The zero-order valence-electron chi connectivity index (χ0n) is 13.1. The maximum atomic E-state index is 12.4. The third-order valence-corrected chi connectivity index (χ3v) is 4.14. The molecule has 0 unspecified atom stereocenters. The van der Waals surface area contributed by atoms with Gasteiger partial charge in [0.2, 0.25) is 5.91 Å². The van der Waals surface area contributed by atoms with Crippen LogP contribution in [0.3, 0.4) is 0 Å². The van der Waals surface area contributed by atoms with Crippen LogP contribution in [0.25, 0.3) is 0 Å². The van der Waals surface area contributed by atoms with Crippen molar-refractivity contribution in [3.63, 3.8) is 0 Å². The van der Waals surface area contributed by atoms with Crippen LogP contribution in [0.2, 0.25) is 0 Å². The Labute approximate surface area is 128 Å². The molecule has 0 spiro atoms. The number of carbonyl (C=O) groups excluding carboxylic acids is 1. The average molecular weight is 289 g/mol. The Morgan fingerprint density at radius 1 is 1.19 bits per heavy atom. The number of nitrogens with zero attached hydrogens (tertiary/aromatic N) is 1. The zero-order valence-corrected chi connectivity index (χ0v) is 13.1. The summed E-state index contributed by atoms with van der Waals surface area (Å²) in [6.07, 6.45) is 7.69. The molecule has 0 N–H and O–H groups in total. The second-order valence-corrected chi connectivity index (χ2v) is 5.79. The predicted octanol–water partition coefficient (Wildman–Crippen LogP) is 4.03. The minimum Gasteiger partial charge on any atom is -0.492 e. The van der Waals surface area contributed by atoms with Crippen molar-refractivity contribution in [2.24, 2.45) is 0 Å². The number of carbonyl (C=O) groups is 1. The first kappa shape index (κ1) is 15.9. The number of hydrogen-bond acceptors (Lipinski definition) is 2. The third-order valence-electron chi connectivity index (χ3n) is 4.14. The molecule has 1 saturated carbocycles. The van der Waals surface area contributed by atoms with Gasteiger partial charge >= 0.3 is 0 Å². The van der Waals surface area contributed by atoms with Gasteiger partial charge in [0.1, 0.15) is 12.4 Å². The summed E-state index contributed by atoms with van der Waals surface area (Å²) in [4.78, 5) is 14.4. The largest absolute Gasteiger partial charge is 0.492 e. The molecule has 1 fully saturated rings. The van der Waals surface area contributed by atoms with Gasteiger partial charge in [-0.2, -0.15) is 0 Å². The second kappa shape index (κ2) is 8.71. The summed E-state index contributed by atoms with van der Waals surface area (Å²) in [5.41, 5.74) is 0. The van der Waals surface area contributed by atoms with Gasteiger partial charge in [0.05, 0.1) is 6.54 Å². The Kier molecular flexibility index (Phi) is 6.58. The Bertz CT molecular complexity index is 412. The van der Waals surface area contributed by atoms with Crippen LogP contribution in [-0.4, -0.2) is 30.0 Å². The van der Waals surface area contributed by atoms with E-state index in [2.05, 4.69) is 11.8 Å². The van der Waals surface area contributed by atoms with Gasteiger partial charge < -0.3 is 9.64 Å². The molecule has 116 valence electrons. The Morgan fingerprint density at radius 2 is 1.90 bits per heavy atom. The number of rotatable bonds is 7. The second-order valence-electron chi connectivity index (χ2n) is 5.79. The molecular weight excluding hydrogens is 262 g/mol. The molecule has 3 heteroatoms. The van der Waals surface area contributed by atoms with Crippen molar-refractivity contribution < 1.29 is 9.53 Å². The first-order valence-corrected chi connectivity index (χ1v) is 8.28. The smallest absolute Gasteiger partial charge is 0.222 e. The quantitative estimate of drug-likeness (QED) is 0.758. The van der Waals surface area contributed by atoms with Crippen LogP contribution < -0.4 is 4.74 Å². The molecule has 1 aliphatic carbocycles. The monoisotopic (exact) mass is 289 g/mol. The van der Waals surface area contributed by atoms with E-state index in [1.807, 2.05) is 30.3 Å². The van der Waals surface area contributed by atoms with Crippen molar-refractivity contribution >= 4 is 5.91 Å². The molecule has 0 saturated heterocycles. The van der Waals surface area contributed by atoms with E-state index in [-0.39, 0.29) is 0 Å². The van der Waals surface area contributed by atoms with E-state index in [1.165, 1.54) is 19.3 Å². The van der Waals surface area contributed by atoms with Crippen LogP contribution in [0.4, 0.5) is 0 Å². The van der Waals surface area contributed by atoms with Gasteiger partial charge in [0, 0.05) is 12.5 Å². The van der Waals surface area contributed by atoms with Crippen LogP contribution >= 0.6 is 0 Å². The highest BCUT2D eigenvalue weighted by molar-refractivity contribution is 5.76. The van der Waals surface area contributed by atoms with Crippen molar-refractivity contribution in [3.8, 4) is 5.75 Å². The van der Waals surface area contributed by atoms with Gasteiger partial charge in [-0.1, -0.05) is 44.4 Å². The summed E-state index contributed by atoms with van der Waals surface area (Å²) in [6.45, 7) is 3.35. The number of para-hydroxylation sites is 1. The van der Waals surface area contributed by atoms with Crippen molar-refractivity contribution in [1.29, 1.82) is 0 Å². The topological polar surface area (TPSA) is 29.5 Å². The molecular formula is C18H27NO2. The van der Waals surface area contributed by atoms with E-state index in [0.717, 1.165) is 25.0 Å². The zero-order chi connectivity index (χ0) is 14.9. The number of hydrogen-bond donors (Lipinski definition) is 0. The standard InChI is InChI=1S/C18H27NO2/c1-2-9-18(20)19(16-10-5-3-6-11-16)14-15-21-17-12-7-4-8-13-17/h4,7-8,12-13,16H,2-3,5-6,9-11,14-15H2,1H3. The molecule has 1 amide bonds. The van der Waals surface area contributed by atoms with Crippen LogP contribution in [0.5, 0.6) is 5.75 Å². The maximum Gasteiger partial charge on any atom is 0.222 e. The molecule has 21 heavy (non-hydrogen) atoms. The molecule has 0 aliphatic heterocycles. The van der Waals surface area contributed by atoms with Gasteiger partial charge in [-0.25, -0.2) is 0 Å². The Morgan fingerprint density at radius 3 is 2.57 bits per heavy atom. The number of ether oxygens (including phenoxy) is 1. The van der Waals surface area contributed by atoms with E-state index < -0.39 is 0 Å². The highest BCUT2D eigenvalue weighted by Crippen LogP contribution is 2.23. The first-order valence-electron chi connectivity index (χ1n) is 8.28. The summed E-state index contributed by atoms with van der Waals surface area (Å²) in [6, 6.07) is 10.3. The SMILES string of the molecule is CCCC(=O)N(CCOc1ccccc1)C1CCCCC1. The van der Waals surface area contributed by atoms with Gasteiger partial charge in [0.25, 0.3) is 0 Å². The number of amides is 1. The highest BCUT2D eigenvalue weighted by Gasteiger charge is 2.24. The molecule has 1 aromatic carbocycles. The molecule has 0 atom stereocenters. The average Bonchev–Trinajstić information content (AvgIpc) is 2.53. The van der Waals surface area contributed by atoms with Crippen molar-refractivity contribution in [3.05, 3.63) is 30.3 Å². The van der Waals surface area contributed by atoms with Gasteiger partial charge in [-0.3, -0.25) is 4.79 Å². The summed E-state index contributed by atoms with van der Waals surface area (Å²) >= 11 is 0. The normalized spacial score (nSPS) is 15.7. The third kappa shape index (κ3) is 5.07. The van der Waals surface area contributed by atoms with Crippen molar-refractivity contribution in [2.75, 3.05) is 13.2 Å². The van der Waals surface area contributed by atoms with Gasteiger partial charge in [-0.15, -0.1) is 0 Å². The van der Waals surface area contributed by atoms with E-state index in [4.69, 9.17) is 4.74 Å².